The molecule has 0 aliphatic carbocycles. The van der Waals surface area contributed by atoms with Crippen LogP contribution in [-0.2, 0) is 13.2 Å². The Labute approximate surface area is 144 Å². The highest BCUT2D eigenvalue weighted by Gasteiger charge is 2.01. The van der Waals surface area contributed by atoms with Crippen molar-refractivity contribution in [3.63, 3.8) is 0 Å². The van der Waals surface area contributed by atoms with E-state index >= 15 is 0 Å². The van der Waals surface area contributed by atoms with E-state index in [0.717, 1.165) is 44.2 Å². The molecule has 0 saturated heterocycles. The molecule has 0 unspecified atom stereocenters. The molecule has 2 aromatic carbocycles. The second-order valence-corrected chi connectivity index (χ2v) is 5.73. The van der Waals surface area contributed by atoms with Gasteiger partial charge < -0.3 is 15.0 Å². The molecule has 0 amide bonds. The van der Waals surface area contributed by atoms with Gasteiger partial charge in [-0.15, -0.1) is 0 Å². The van der Waals surface area contributed by atoms with E-state index in [1.54, 1.807) is 24.3 Å². The molecule has 1 N–H and O–H groups in total. The Balaban J connectivity index is 1.84. The van der Waals surface area contributed by atoms with E-state index in [0.29, 0.717) is 5.56 Å². The number of ether oxygens (including phenoxy) is 1. The highest BCUT2D eigenvalue weighted by Crippen LogP contribution is 2.22. The summed E-state index contributed by atoms with van der Waals surface area (Å²) in [5.41, 5.74) is 1.85. The van der Waals surface area contributed by atoms with Crippen molar-refractivity contribution in [1.82, 2.24) is 10.2 Å². The Bertz CT molecular complexity index is 597. The SMILES string of the molecule is CCN(CC)CCNCc1cccc(Oc2ccc(CF)cc2)c1. The number of hydrogen-bond acceptors (Lipinski definition) is 3. The first-order chi connectivity index (χ1) is 11.7. The predicted octanol–water partition coefficient (Wildman–Crippen LogP) is 4.38. The molecule has 3 nitrogen and oxygen atoms in total. The van der Waals surface area contributed by atoms with E-state index < -0.39 is 6.67 Å². The second kappa shape index (κ2) is 10.1. The summed E-state index contributed by atoms with van der Waals surface area (Å²) in [7, 11) is 0. The van der Waals surface area contributed by atoms with Gasteiger partial charge in [-0.25, -0.2) is 4.39 Å². The average Bonchev–Trinajstić information content (AvgIpc) is 2.63. The number of likely N-dealkylation sites (N-methyl/N-ethyl adjacent to an activating group) is 1. The molecule has 2 rings (SSSR count). The van der Waals surface area contributed by atoms with Gasteiger partial charge in [-0.2, -0.15) is 0 Å². The number of benzene rings is 2. The lowest BCUT2D eigenvalue weighted by molar-refractivity contribution is 0.302. The predicted molar refractivity (Wildman–Crippen MR) is 97.3 cm³/mol. The van der Waals surface area contributed by atoms with Gasteiger partial charge >= 0.3 is 0 Å². The molecular formula is C20H27FN2O. The molecule has 0 aliphatic heterocycles. The third-order valence-electron chi connectivity index (χ3n) is 4.04. The lowest BCUT2D eigenvalue weighted by Gasteiger charge is -2.18. The first kappa shape index (κ1) is 18.4. The number of rotatable bonds is 10. The van der Waals surface area contributed by atoms with Crippen molar-refractivity contribution in [3.05, 3.63) is 59.7 Å². The topological polar surface area (TPSA) is 24.5 Å². The van der Waals surface area contributed by atoms with Crippen LogP contribution < -0.4 is 10.1 Å². The smallest absolute Gasteiger partial charge is 0.127 e. The van der Waals surface area contributed by atoms with E-state index in [9.17, 15) is 4.39 Å². The standard InChI is InChI=1S/C20H27FN2O/c1-3-23(4-2)13-12-22-16-18-6-5-7-20(14-18)24-19-10-8-17(15-21)9-11-19/h5-11,14,22H,3-4,12-13,15-16H2,1-2H3. The Morgan fingerprint density at radius 3 is 2.38 bits per heavy atom. The van der Waals surface area contributed by atoms with Gasteiger partial charge in [0.2, 0.25) is 0 Å². The van der Waals surface area contributed by atoms with Gasteiger partial charge in [0.1, 0.15) is 18.2 Å². The maximum absolute atomic E-state index is 12.5. The fourth-order valence-corrected chi connectivity index (χ4v) is 2.51. The number of halogens is 1. The van der Waals surface area contributed by atoms with Crippen molar-refractivity contribution in [2.45, 2.75) is 27.1 Å². The van der Waals surface area contributed by atoms with Crippen LogP contribution in [0.25, 0.3) is 0 Å². The maximum atomic E-state index is 12.5. The Kier molecular flexibility index (Phi) is 7.72. The summed E-state index contributed by atoms with van der Waals surface area (Å²) in [4.78, 5) is 2.40. The molecule has 0 spiro atoms. The largest absolute Gasteiger partial charge is 0.457 e. The summed E-state index contributed by atoms with van der Waals surface area (Å²) in [5.74, 6) is 1.52. The monoisotopic (exact) mass is 330 g/mol. The van der Waals surface area contributed by atoms with Crippen LogP contribution in [0.5, 0.6) is 11.5 Å². The average molecular weight is 330 g/mol. The van der Waals surface area contributed by atoms with Crippen molar-refractivity contribution in [1.29, 1.82) is 0 Å². The van der Waals surface area contributed by atoms with E-state index in [-0.39, 0.29) is 0 Å². The van der Waals surface area contributed by atoms with Crippen LogP contribution in [-0.4, -0.2) is 31.1 Å². The third-order valence-corrected chi connectivity index (χ3v) is 4.04. The van der Waals surface area contributed by atoms with Crippen LogP contribution in [0.15, 0.2) is 48.5 Å². The lowest BCUT2D eigenvalue weighted by atomic mass is 10.2. The summed E-state index contributed by atoms with van der Waals surface area (Å²) in [6, 6.07) is 15.1. The first-order valence-corrected chi connectivity index (χ1v) is 8.60. The molecule has 0 aromatic heterocycles. The van der Waals surface area contributed by atoms with Crippen molar-refractivity contribution in [2.24, 2.45) is 0 Å². The fourth-order valence-electron chi connectivity index (χ4n) is 2.51. The summed E-state index contributed by atoms with van der Waals surface area (Å²) >= 11 is 0. The molecule has 0 heterocycles. The maximum Gasteiger partial charge on any atom is 0.127 e. The highest BCUT2D eigenvalue weighted by molar-refractivity contribution is 5.35. The number of hydrogen-bond donors (Lipinski definition) is 1. The van der Waals surface area contributed by atoms with Crippen molar-refractivity contribution in [3.8, 4) is 11.5 Å². The minimum atomic E-state index is -0.449. The highest BCUT2D eigenvalue weighted by atomic mass is 19.1. The quantitative estimate of drug-likeness (QED) is 0.654. The summed E-state index contributed by atoms with van der Waals surface area (Å²) in [6.45, 7) is 8.94. The van der Waals surface area contributed by atoms with Crippen LogP contribution in [0.2, 0.25) is 0 Å². The zero-order valence-corrected chi connectivity index (χ0v) is 14.6. The molecule has 0 bridgehead atoms. The van der Waals surface area contributed by atoms with Gasteiger partial charge in [0, 0.05) is 19.6 Å². The Hall–Kier alpha value is -1.91. The van der Waals surface area contributed by atoms with Gasteiger partial charge in [0.05, 0.1) is 0 Å². The first-order valence-electron chi connectivity index (χ1n) is 8.60. The number of nitrogens with zero attached hydrogens (tertiary/aromatic N) is 1. The molecule has 0 atom stereocenters. The molecular weight excluding hydrogens is 303 g/mol. The molecule has 130 valence electrons. The third kappa shape index (κ3) is 5.95. The Morgan fingerprint density at radius 2 is 1.71 bits per heavy atom. The minimum absolute atomic E-state index is 0.449. The van der Waals surface area contributed by atoms with E-state index in [1.165, 1.54) is 5.56 Å². The van der Waals surface area contributed by atoms with Crippen LogP contribution in [0.3, 0.4) is 0 Å². The van der Waals surface area contributed by atoms with Crippen molar-refractivity contribution < 1.29 is 9.13 Å². The fraction of sp³-hybridized carbons (Fsp3) is 0.400. The second-order valence-electron chi connectivity index (χ2n) is 5.73. The normalized spacial score (nSPS) is 11.0. The molecule has 24 heavy (non-hydrogen) atoms. The molecule has 0 fully saturated rings. The van der Waals surface area contributed by atoms with Crippen LogP contribution in [0.4, 0.5) is 4.39 Å². The van der Waals surface area contributed by atoms with Gasteiger partial charge in [0.15, 0.2) is 0 Å². The van der Waals surface area contributed by atoms with Gasteiger partial charge in [0.25, 0.3) is 0 Å². The van der Waals surface area contributed by atoms with Crippen molar-refractivity contribution >= 4 is 0 Å². The van der Waals surface area contributed by atoms with E-state index in [4.69, 9.17) is 4.74 Å². The Morgan fingerprint density at radius 1 is 0.958 bits per heavy atom. The van der Waals surface area contributed by atoms with Crippen LogP contribution in [0.1, 0.15) is 25.0 Å². The zero-order valence-electron chi connectivity index (χ0n) is 14.6. The minimum Gasteiger partial charge on any atom is -0.457 e. The molecule has 0 saturated carbocycles. The molecule has 4 heteroatoms. The van der Waals surface area contributed by atoms with E-state index in [1.807, 2.05) is 18.2 Å². The lowest BCUT2D eigenvalue weighted by Crippen LogP contribution is -2.31. The number of alkyl halides is 1. The summed E-state index contributed by atoms with van der Waals surface area (Å²) < 4.78 is 18.4. The van der Waals surface area contributed by atoms with Gasteiger partial charge in [-0.3, -0.25) is 0 Å². The van der Waals surface area contributed by atoms with Gasteiger partial charge in [-0.05, 0) is 48.5 Å². The number of nitrogens with one attached hydrogen (secondary N) is 1. The van der Waals surface area contributed by atoms with Gasteiger partial charge in [-0.1, -0.05) is 38.1 Å². The molecule has 0 aliphatic rings. The van der Waals surface area contributed by atoms with E-state index in [2.05, 4.69) is 30.1 Å². The van der Waals surface area contributed by atoms with Crippen molar-refractivity contribution in [2.75, 3.05) is 26.2 Å². The summed E-state index contributed by atoms with van der Waals surface area (Å²) in [5, 5.41) is 3.47. The van der Waals surface area contributed by atoms with Crippen LogP contribution in [0, 0.1) is 0 Å². The van der Waals surface area contributed by atoms with Crippen LogP contribution >= 0.6 is 0 Å². The zero-order chi connectivity index (χ0) is 17.2. The summed E-state index contributed by atoms with van der Waals surface area (Å²) in [6.07, 6.45) is 0. The molecule has 0 radical (unpaired) electrons. The molecule has 2 aromatic rings.